The number of pyridine rings is 1. The Bertz CT molecular complexity index is 654. The van der Waals surface area contributed by atoms with Crippen molar-refractivity contribution in [3.63, 3.8) is 0 Å². The van der Waals surface area contributed by atoms with Gasteiger partial charge in [-0.15, -0.1) is 0 Å². The third-order valence-corrected chi connectivity index (χ3v) is 5.98. The molecule has 0 aliphatic carbocycles. The smallest absolute Gasteiger partial charge is 0.228 e. The highest BCUT2D eigenvalue weighted by atomic mass is 32.2. The maximum Gasteiger partial charge on any atom is 0.228 e. The minimum Gasteiger partial charge on any atom is -0.381 e. The molecule has 126 valence electrons. The molecular weight excluding hydrogens is 318 g/mol. The van der Waals surface area contributed by atoms with Gasteiger partial charge in [-0.1, -0.05) is 0 Å². The zero-order valence-electron chi connectivity index (χ0n) is 12.8. The number of hydrogen-bond acceptors (Lipinski definition) is 6. The van der Waals surface area contributed by atoms with E-state index in [1.54, 1.807) is 18.3 Å². The van der Waals surface area contributed by atoms with Crippen LogP contribution in [0.5, 0.6) is 0 Å². The first-order valence-electron chi connectivity index (χ1n) is 7.83. The van der Waals surface area contributed by atoms with Crippen LogP contribution in [-0.4, -0.2) is 50.1 Å². The normalized spacial score (nSPS) is 24.3. The third kappa shape index (κ3) is 4.42. The molecule has 7 nitrogen and oxygen atoms in total. The van der Waals surface area contributed by atoms with E-state index in [9.17, 15) is 13.2 Å². The number of nitrogens with one attached hydrogen (secondary N) is 2. The lowest BCUT2D eigenvalue weighted by molar-refractivity contribution is -0.122. The molecule has 0 spiro atoms. The standard InChI is InChI=1S/C15H21N3O4S/c19-15(11-3-6-22-7-4-11)18-14-2-1-12(9-16-14)17-13-5-8-23(20,21)10-13/h1-2,9,11,13,17H,3-8,10H2,(H,16,18,19). The number of sulfone groups is 1. The molecule has 3 rings (SSSR count). The van der Waals surface area contributed by atoms with Crippen LogP contribution in [0.1, 0.15) is 19.3 Å². The maximum absolute atomic E-state index is 12.1. The van der Waals surface area contributed by atoms with Gasteiger partial charge in [-0.3, -0.25) is 4.79 Å². The number of aromatic nitrogens is 1. The first kappa shape index (κ1) is 16.2. The summed E-state index contributed by atoms with van der Waals surface area (Å²) >= 11 is 0. The Morgan fingerprint density at radius 2 is 2.00 bits per heavy atom. The average molecular weight is 339 g/mol. The molecule has 2 N–H and O–H groups in total. The van der Waals surface area contributed by atoms with E-state index in [4.69, 9.17) is 4.74 Å². The van der Waals surface area contributed by atoms with E-state index in [-0.39, 0.29) is 29.4 Å². The fourth-order valence-electron chi connectivity index (χ4n) is 2.89. The number of carbonyl (C=O) groups is 1. The van der Waals surface area contributed by atoms with Crippen LogP contribution in [0.3, 0.4) is 0 Å². The maximum atomic E-state index is 12.1. The number of carbonyl (C=O) groups excluding carboxylic acids is 1. The van der Waals surface area contributed by atoms with E-state index in [1.807, 2.05) is 0 Å². The second-order valence-electron chi connectivity index (χ2n) is 6.05. The monoisotopic (exact) mass is 339 g/mol. The van der Waals surface area contributed by atoms with Gasteiger partial charge >= 0.3 is 0 Å². The van der Waals surface area contributed by atoms with Crippen LogP contribution >= 0.6 is 0 Å². The second-order valence-corrected chi connectivity index (χ2v) is 8.28. The summed E-state index contributed by atoms with van der Waals surface area (Å²) in [6.45, 7) is 1.25. The number of hydrogen-bond donors (Lipinski definition) is 2. The number of ether oxygens (including phenoxy) is 1. The van der Waals surface area contributed by atoms with Gasteiger partial charge in [0.15, 0.2) is 9.84 Å². The SMILES string of the molecule is O=C(Nc1ccc(NC2CCS(=O)(=O)C2)cn1)C1CCOCC1. The summed E-state index contributed by atoms with van der Waals surface area (Å²) in [4.78, 5) is 16.3. The highest BCUT2D eigenvalue weighted by molar-refractivity contribution is 7.91. The Morgan fingerprint density at radius 3 is 2.61 bits per heavy atom. The Kier molecular flexibility index (Phi) is 4.82. The van der Waals surface area contributed by atoms with Crippen LogP contribution < -0.4 is 10.6 Å². The van der Waals surface area contributed by atoms with Crippen LogP contribution in [0.2, 0.25) is 0 Å². The molecule has 0 radical (unpaired) electrons. The molecule has 0 saturated carbocycles. The fraction of sp³-hybridized carbons (Fsp3) is 0.600. The molecule has 0 aromatic carbocycles. The minimum atomic E-state index is -2.90. The molecule has 23 heavy (non-hydrogen) atoms. The lowest BCUT2D eigenvalue weighted by Crippen LogP contribution is -2.28. The predicted octanol–water partition coefficient (Wildman–Crippen LogP) is 1.05. The molecule has 1 amide bonds. The zero-order chi connectivity index (χ0) is 16.3. The molecule has 3 heterocycles. The van der Waals surface area contributed by atoms with Crippen molar-refractivity contribution in [2.45, 2.75) is 25.3 Å². The van der Waals surface area contributed by atoms with E-state index >= 15 is 0 Å². The Balaban J connectivity index is 1.53. The van der Waals surface area contributed by atoms with Crippen molar-refractivity contribution in [2.24, 2.45) is 5.92 Å². The summed E-state index contributed by atoms with van der Waals surface area (Å²) in [6, 6.07) is 3.46. The molecule has 1 unspecified atom stereocenters. The van der Waals surface area contributed by atoms with Crippen LogP contribution in [-0.2, 0) is 19.4 Å². The highest BCUT2D eigenvalue weighted by Gasteiger charge is 2.27. The van der Waals surface area contributed by atoms with Gasteiger partial charge in [0.2, 0.25) is 5.91 Å². The van der Waals surface area contributed by atoms with Crippen molar-refractivity contribution in [1.82, 2.24) is 4.98 Å². The summed E-state index contributed by atoms with van der Waals surface area (Å²) < 4.78 is 28.1. The molecule has 2 fully saturated rings. The number of rotatable bonds is 4. The largest absolute Gasteiger partial charge is 0.381 e. The van der Waals surface area contributed by atoms with E-state index in [2.05, 4.69) is 15.6 Å². The number of amides is 1. The highest BCUT2D eigenvalue weighted by Crippen LogP contribution is 2.19. The number of anilines is 2. The van der Waals surface area contributed by atoms with Gasteiger partial charge in [0.05, 0.1) is 23.4 Å². The lowest BCUT2D eigenvalue weighted by atomic mass is 9.99. The lowest BCUT2D eigenvalue weighted by Gasteiger charge is -2.21. The van der Waals surface area contributed by atoms with Gasteiger partial charge in [-0.2, -0.15) is 0 Å². The molecule has 2 aliphatic heterocycles. The van der Waals surface area contributed by atoms with Crippen LogP contribution in [0.15, 0.2) is 18.3 Å². The molecular formula is C15H21N3O4S. The average Bonchev–Trinajstić information content (AvgIpc) is 2.89. The fourth-order valence-corrected chi connectivity index (χ4v) is 4.56. The summed E-state index contributed by atoms with van der Waals surface area (Å²) in [5, 5.41) is 5.99. The molecule has 2 aliphatic rings. The van der Waals surface area contributed by atoms with Crippen molar-refractivity contribution in [3.05, 3.63) is 18.3 Å². The molecule has 8 heteroatoms. The minimum absolute atomic E-state index is 0.0213. The van der Waals surface area contributed by atoms with E-state index in [1.165, 1.54) is 0 Å². The van der Waals surface area contributed by atoms with Crippen molar-refractivity contribution < 1.29 is 17.9 Å². The van der Waals surface area contributed by atoms with Crippen LogP contribution in [0.25, 0.3) is 0 Å². The van der Waals surface area contributed by atoms with Crippen molar-refractivity contribution in [2.75, 3.05) is 35.4 Å². The predicted molar refractivity (Wildman–Crippen MR) is 87.1 cm³/mol. The van der Waals surface area contributed by atoms with Gasteiger partial charge in [0, 0.05) is 25.2 Å². The van der Waals surface area contributed by atoms with Crippen molar-refractivity contribution in [3.8, 4) is 0 Å². The second kappa shape index (κ2) is 6.84. The third-order valence-electron chi connectivity index (χ3n) is 4.21. The topological polar surface area (TPSA) is 97.4 Å². The molecule has 1 aromatic rings. The van der Waals surface area contributed by atoms with Gasteiger partial charge < -0.3 is 15.4 Å². The molecule has 2 saturated heterocycles. The van der Waals surface area contributed by atoms with Crippen molar-refractivity contribution >= 4 is 27.2 Å². The zero-order valence-corrected chi connectivity index (χ0v) is 13.6. The molecule has 0 bridgehead atoms. The van der Waals surface area contributed by atoms with Crippen LogP contribution in [0.4, 0.5) is 11.5 Å². The van der Waals surface area contributed by atoms with Gasteiger partial charge in [-0.25, -0.2) is 13.4 Å². The van der Waals surface area contributed by atoms with Gasteiger partial charge in [0.25, 0.3) is 0 Å². The van der Waals surface area contributed by atoms with Gasteiger partial charge in [0.1, 0.15) is 5.82 Å². The number of nitrogens with zero attached hydrogens (tertiary/aromatic N) is 1. The van der Waals surface area contributed by atoms with Gasteiger partial charge in [-0.05, 0) is 31.4 Å². The Hall–Kier alpha value is -1.67. The van der Waals surface area contributed by atoms with E-state index < -0.39 is 9.84 Å². The Labute approximate surface area is 135 Å². The summed E-state index contributed by atoms with van der Waals surface area (Å²) in [7, 11) is -2.90. The molecule has 1 aromatic heterocycles. The van der Waals surface area contributed by atoms with E-state index in [0.717, 1.165) is 18.5 Å². The van der Waals surface area contributed by atoms with E-state index in [0.29, 0.717) is 25.5 Å². The van der Waals surface area contributed by atoms with Crippen molar-refractivity contribution in [1.29, 1.82) is 0 Å². The Morgan fingerprint density at radius 1 is 1.22 bits per heavy atom. The first-order valence-corrected chi connectivity index (χ1v) is 9.66. The van der Waals surface area contributed by atoms with Crippen LogP contribution in [0, 0.1) is 5.92 Å². The quantitative estimate of drug-likeness (QED) is 0.851. The molecule has 1 atom stereocenters. The summed E-state index contributed by atoms with van der Waals surface area (Å²) in [5.41, 5.74) is 0.760. The summed E-state index contributed by atoms with van der Waals surface area (Å²) in [6.07, 6.45) is 3.71. The first-order chi connectivity index (χ1) is 11.0. The summed E-state index contributed by atoms with van der Waals surface area (Å²) in [5.74, 6) is 0.855.